The summed E-state index contributed by atoms with van der Waals surface area (Å²) in [6.45, 7) is 2.86. The molecule has 0 aromatic heterocycles. The highest BCUT2D eigenvalue weighted by Gasteiger charge is 2.42. The van der Waals surface area contributed by atoms with Crippen LogP contribution in [-0.2, 0) is 27.0 Å². The predicted octanol–water partition coefficient (Wildman–Crippen LogP) is 5.72. The fourth-order valence-electron chi connectivity index (χ4n) is 6.33. The minimum atomic E-state index is -4.79. The number of hydrogen-bond acceptors (Lipinski definition) is 4. The zero-order valence-corrected chi connectivity index (χ0v) is 24.6. The number of benzene rings is 2. The molecular weight excluding hydrogens is 574 g/mol. The summed E-state index contributed by atoms with van der Waals surface area (Å²) in [5.74, 6) is 0.524. The van der Waals surface area contributed by atoms with Crippen molar-refractivity contribution >= 4 is 15.4 Å². The molecule has 2 saturated heterocycles. The lowest BCUT2D eigenvalue weighted by molar-refractivity contribution is -0.137. The third-order valence-electron chi connectivity index (χ3n) is 8.66. The number of nitrogens with one attached hydrogen (secondary N) is 1. The number of amides is 1. The summed E-state index contributed by atoms with van der Waals surface area (Å²) in [7, 11) is -4.79. The van der Waals surface area contributed by atoms with Crippen molar-refractivity contribution in [3.63, 3.8) is 0 Å². The van der Waals surface area contributed by atoms with Crippen LogP contribution in [0.25, 0.3) is 0 Å². The smallest absolute Gasteiger partial charge is 0.416 e. The largest absolute Gasteiger partial charge is 0.493 e. The van der Waals surface area contributed by atoms with E-state index in [0.29, 0.717) is 51.7 Å². The van der Waals surface area contributed by atoms with Gasteiger partial charge in [0.15, 0.2) is 0 Å². The van der Waals surface area contributed by atoms with Crippen LogP contribution in [0.15, 0.2) is 47.4 Å². The summed E-state index contributed by atoms with van der Waals surface area (Å²) in [6, 6.07) is 9.33. The molecule has 12 heteroatoms. The standard InChI is InChI=1S/C30H39F4N3O4S/c1-42(39,40,25-6-2-4-22(19-25)30(32,33)34)37-14-3-5-24(37)8-10-29(38)35-27-13-17-41-28-18-21(7-9-26(27)28)20-36-15-11-23(31)12-16-36/h2,4,6-7,9,18-19,23-24,27H,3,5,8,10-17,20H2,1H3,(H,35,38)(H,39,40)/t24?,27-/m0/s1. The number of rotatable bonds is 8. The van der Waals surface area contributed by atoms with Gasteiger partial charge in [-0.2, -0.15) is 17.4 Å². The summed E-state index contributed by atoms with van der Waals surface area (Å²) in [4.78, 5) is 15.0. The maximum Gasteiger partial charge on any atom is 0.416 e. The van der Waals surface area contributed by atoms with Gasteiger partial charge in [0.25, 0.3) is 0 Å². The summed E-state index contributed by atoms with van der Waals surface area (Å²) >= 11 is 0. The summed E-state index contributed by atoms with van der Waals surface area (Å²) in [5, 5.41) is 3.08. The molecule has 0 spiro atoms. The van der Waals surface area contributed by atoms with Gasteiger partial charge in [-0.1, -0.05) is 18.2 Å². The zero-order valence-electron chi connectivity index (χ0n) is 23.7. The molecule has 2 aromatic carbocycles. The Morgan fingerprint density at radius 3 is 2.60 bits per heavy atom. The maximum absolute atomic E-state index is 13.9. The highest BCUT2D eigenvalue weighted by molar-refractivity contribution is 8.12. The van der Waals surface area contributed by atoms with Crippen molar-refractivity contribution in [3.8, 4) is 5.75 Å². The normalized spacial score (nSPS) is 23.5. The molecule has 0 aliphatic carbocycles. The zero-order chi connectivity index (χ0) is 30.1. The average Bonchev–Trinajstić information content (AvgIpc) is 3.43. The van der Waals surface area contributed by atoms with Crippen LogP contribution >= 0.6 is 0 Å². The molecule has 42 heavy (non-hydrogen) atoms. The average molecular weight is 614 g/mol. The maximum atomic E-state index is 13.9. The number of ether oxygens (including phenoxy) is 1. The second kappa shape index (κ2) is 11.9. The number of likely N-dealkylation sites (tertiary alicyclic amines) is 1. The van der Waals surface area contributed by atoms with Gasteiger partial charge in [0, 0.05) is 56.9 Å². The highest BCUT2D eigenvalue weighted by atomic mass is 32.3. The Morgan fingerprint density at radius 1 is 1.10 bits per heavy atom. The SMILES string of the molecule is CS(=O)(O)(c1cccc(C(F)(F)F)c1)N1CCCC1CCC(=O)N[C@H]1CCOc2cc(CN3CCC(F)CC3)ccc21. The molecule has 0 bridgehead atoms. The molecular formula is C30H39F4N3O4S. The van der Waals surface area contributed by atoms with Gasteiger partial charge in [0.05, 0.1) is 23.1 Å². The third kappa shape index (κ3) is 6.82. The first-order chi connectivity index (χ1) is 19.8. The molecule has 1 unspecified atom stereocenters. The Balaban J connectivity index is 1.20. The number of halogens is 4. The van der Waals surface area contributed by atoms with E-state index in [-0.39, 0.29) is 29.8 Å². The Hall–Kier alpha value is -2.54. The monoisotopic (exact) mass is 613 g/mol. The lowest BCUT2D eigenvalue weighted by Crippen LogP contribution is -2.52. The first-order valence-electron chi connectivity index (χ1n) is 14.5. The number of alkyl halides is 4. The van der Waals surface area contributed by atoms with Crippen LogP contribution in [0.3, 0.4) is 0 Å². The number of carbonyl (C=O) groups excluding carboxylic acids is 1. The van der Waals surface area contributed by atoms with Crippen LogP contribution in [0.4, 0.5) is 17.6 Å². The summed E-state index contributed by atoms with van der Waals surface area (Å²) in [5.41, 5.74) is 0.984. The lowest BCUT2D eigenvalue weighted by Gasteiger charge is -2.49. The molecule has 232 valence electrons. The van der Waals surface area contributed by atoms with Crippen molar-refractivity contribution in [1.29, 1.82) is 0 Å². The molecule has 2 atom stereocenters. The molecule has 1 amide bonds. The van der Waals surface area contributed by atoms with Crippen molar-refractivity contribution < 1.29 is 35.9 Å². The van der Waals surface area contributed by atoms with E-state index in [0.717, 1.165) is 54.4 Å². The molecule has 3 heterocycles. The van der Waals surface area contributed by atoms with Gasteiger partial charge in [-0.3, -0.25) is 14.2 Å². The van der Waals surface area contributed by atoms with Crippen LogP contribution in [0.5, 0.6) is 5.75 Å². The Morgan fingerprint density at radius 2 is 1.86 bits per heavy atom. The van der Waals surface area contributed by atoms with E-state index in [9.17, 15) is 31.1 Å². The van der Waals surface area contributed by atoms with Crippen LogP contribution in [0, 0.1) is 0 Å². The van der Waals surface area contributed by atoms with E-state index in [1.165, 1.54) is 10.4 Å². The minimum absolute atomic E-state index is 0.113. The van der Waals surface area contributed by atoms with E-state index in [1.807, 2.05) is 18.2 Å². The number of piperidine rings is 1. The van der Waals surface area contributed by atoms with E-state index in [1.54, 1.807) is 0 Å². The van der Waals surface area contributed by atoms with Gasteiger partial charge in [0.2, 0.25) is 5.91 Å². The van der Waals surface area contributed by atoms with E-state index in [4.69, 9.17) is 4.74 Å². The summed E-state index contributed by atoms with van der Waals surface area (Å²) in [6.07, 6.45) is -0.956. The molecule has 2 fully saturated rings. The van der Waals surface area contributed by atoms with Crippen LogP contribution in [-0.4, -0.2) is 68.6 Å². The molecule has 7 nitrogen and oxygen atoms in total. The minimum Gasteiger partial charge on any atom is -0.493 e. The molecule has 3 aliphatic rings. The first-order valence-corrected chi connectivity index (χ1v) is 16.8. The van der Waals surface area contributed by atoms with Gasteiger partial charge < -0.3 is 10.1 Å². The molecule has 0 radical (unpaired) electrons. The topological polar surface area (TPSA) is 82.1 Å². The van der Waals surface area contributed by atoms with Crippen molar-refractivity contribution in [2.75, 3.05) is 32.5 Å². The van der Waals surface area contributed by atoms with Crippen LogP contribution < -0.4 is 10.1 Å². The Bertz CT molecular complexity index is 1360. The molecule has 2 N–H and O–H groups in total. The first kappa shape index (κ1) is 30.9. The fourth-order valence-corrected chi connectivity index (χ4v) is 8.86. The Labute approximate surface area is 243 Å². The second-order valence-corrected chi connectivity index (χ2v) is 15.2. The molecule has 5 rings (SSSR count). The van der Waals surface area contributed by atoms with Gasteiger partial charge in [-0.05, 0) is 61.9 Å². The number of nitrogens with zero attached hydrogens (tertiary/aromatic N) is 2. The van der Waals surface area contributed by atoms with Gasteiger partial charge in [-0.25, -0.2) is 8.70 Å². The molecule has 3 aliphatic heterocycles. The van der Waals surface area contributed by atoms with Crippen molar-refractivity contribution in [1.82, 2.24) is 14.5 Å². The van der Waals surface area contributed by atoms with Crippen LogP contribution in [0.2, 0.25) is 0 Å². The van der Waals surface area contributed by atoms with Gasteiger partial charge in [0.1, 0.15) is 11.9 Å². The second-order valence-electron chi connectivity index (χ2n) is 11.8. The summed E-state index contributed by atoms with van der Waals surface area (Å²) < 4.78 is 86.0. The Kier molecular flexibility index (Phi) is 8.73. The lowest BCUT2D eigenvalue weighted by atomic mass is 9.98. The van der Waals surface area contributed by atoms with E-state index in [2.05, 4.69) is 10.2 Å². The van der Waals surface area contributed by atoms with E-state index >= 15 is 0 Å². The van der Waals surface area contributed by atoms with E-state index < -0.39 is 33.5 Å². The number of fused-ring (bicyclic) bond motifs is 1. The van der Waals surface area contributed by atoms with Crippen LogP contribution in [0.1, 0.15) is 67.7 Å². The highest BCUT2D eigenvalue weighted by Crippen LogP contribution is 2.42. The molecule has 2 aromatic rings. The van der Waals surface area contributed by atoms with Crippen molar-refractivity contribution in [3.05, 3.63) is 59.2 Å². The predicted molar refractivity (Wildman–Crippen MR) is 152 cm³/mol. The van der Waals surface area contributed by atoms with Crippen molar-refractivity contribution in [2.45, 2.75) is 80.8 Å². The number of carbonyl (C=O) groups is 1. The van der Waals surface area contributed by atoms with Crippen molar-refractivity contribution in [2.24, 2.45) is 0 Å². The number of hydrogen-bond donors (Lipinski definition) is 2. The fraction of sp³-hybridized carbons (Fsp3) is 0.567. The third-order valence-corrected chi connectivity index (χ3v) is 11.6. The quantitative estimate of drug-likeness (QED) is 0.373. The molecule has 0 saturated carbocycles. The van der Waals surface area contributed by atoms with Gasteiger partial charge in [-0.15, -0.1) is 9.53 Å². The van der Waals surface area contributed by atoms with Gasteiger partial charge >= 0.3 is 6.18 Å².